The highest BCUT2D eigenvalue weighted by molar-refractivity contribution is 7.99. The maximum atomic E-state index is 12.4. The zero-order chi connectivity index (χ0) is 16.8. The van der Waals surface area contributed by atoms with Crippen LogP contribution in [0, 0.1) is 0 Å². The summed E-state index contributed by atoms with van der Waals surface area (Å²) in [6.45, 7) is 0. The molecular weight excluding hydrogens is 342 g/mol. The molecule has 2 heterocycles. The average molecular weight is 359 g/mol. The normalized spacial score (nSPS) is 12.0. The fraction of sp³-hybridized carbons (Fsp3) is 0.250. The number of amides is 1. The Morgan fingerprint density at radius 3 is 2.79 bits per heavy atom. The van der Waals surface area contributed by atoms with Crippen LogP contribution in [0.25, 0.3) is 0 Å². The minimum atomic E-state index is -0.111. The van der Waals surface area contributed by atoms with Crippen molar-refractivity contribution in [1.82, 2.24) is 25.5 Å². The molecule has 0 aliphatic carbocycles. The molecule has 124 valence electrons. The topological polar surface area (TPSA) is 72.7 Å². The predicted molar refractivity (Wildman–Crippen MR) is 94.9 cm³/mol. The van der Waals surface area contributed by atoms with Gasteiger partial charge in [0, 0.05) is 24.1 Å². The van der Waals surface area contributed by atoms with E-state index in [1.807, 2.05) is 47.8 Å². The minimum Gasteiger partial charge on any atom is -0.344 e. The summed E-state index contributed by atoms with van der Waals surface area (Å²) in [6.07, 6.45) is 0.409. The van der Waals surface area contributed by atoms with Gasteiger partial charge >= 0.3 is 0 Å². The first kappa shape index (κ1) is 16.7. The molecule has 1 aromatic carbocycles. The van der Waals surface area contributed by atoms with E-state index in [1.165, 1.54) is 11.8 Å². The summed E-state index contributed by atoms with van der Waals surface area (Å²) in [7, 11) is 1.78. The van der Waals surface area contributed by atoms with E-state index >= 15 is 0 Å². The van der Waals surface area contributed by atoms with Crippen LogP contribution in [-0.4, -0.2) is 31.9 Å². The highest BCUT2D eigenvalue weighted by Crippen LogP contribution is 2.26. The number of hydrogen-bond acceptors (Lipinski definition) is 6. The molecule has 0 aliphatic heterocycles. The molecule has 24 heavy (non-hydrogen) atoms. The summed E-state index contributed by atoms with van der Waals surface area (Å²) in [6, 6.07) is 13.9. The van der Waals surface area contributed by atoms with Gasteiger partial charge in [-0.25, -0.2) is 4.68 Å². The second kappa shape index (κ2) is 8.07. The van der Waals surface area contributed by atoms with E-state index in [1.54, 1.807) is 23.1 Å². The van der Waals surface area contributed by atoms with E-state index in [9.17, 15) is 4.79 Å². The maximum absolute atomic E-state index is 12.4. The number of nitrogens with one attached hydrogen (secondary N) is 1. The summed E-state index contributed by atoms with van der Waals surface area (Å²) >= 11 is 3.11. The van der Waals surface area contributed by atoms with E-state index in [0.29, 0.717) is 17.3 Å². The molecule has 3 aromatic rings. The molecular formula is C16H17N5OS2. The van der Waals surface area contributed by atoms with Crippen molar-refractivity contribution in [1.29, 1.82) is 0 Å². The molecule has 8 heteroatoms. The quantitative estimate of drug-likeness (QED) is 0.657. The van der Waals surface area contributed by atoms with Crippen LogP contribution in [0.2, 0.25) is 0 Å². The number of carbonyl (C=O) groups is 1. The molecule has 2 aromatic heterocycles. The van der Waals surface area contributed by atoms with E-state index in [-0.39, 0.29) is 11.9 Å². The zero-order valence-electron chi connectivity index (χ0n) is 13.1. The number of aromatic nitrogens is 4. The number of carbonyl (C=O) groups excluding carboxylic acids is 1. The number of rotatable bonds is 7. The van der Waals surface area contributed by atoms with Crippen molar-refractivity contribution in [3.8, 4) is 0 Å². The number of nitrogens with zero attached hydrogens (tertiary/aromatic N) is 4. The number of tetrazole rings is 1. The number of benzene rings is 1. The van der Waals surface area contributed by atoms with Gasteiger partial charge in [-0.15, -0.1) is 16.4 Å². The molecule has 0 radical (unpaired) electrons. The van der Waals surface area contributed by atoms with Crippen LogP contribution >= 0.6 is 23.1 Å². The van der Waals surface area contributed by atoms with Crippen molar-refractivity contribution in [3.63, 3.8) is 0 Å². The van der Waals surface area contributed by atoms with Crippen LogP contribution in [0.4, 0.5) is 0 Å². The molecule has 1 amide bonds. The van der Waals surface area contributed by atoms with Crippen molar-refractivity contribution < 1.29 is 4.79 Å². The minimum absolute atomic E-state index is 0.0138. The molecule has 0 aliphatic rings. The largest absolute Gasteiger partial charge is 0.344 e. The van der Waals surface area contributed by atoms with Gasteiger partial charge in [0.15, 0.2) is 0 Å². The van der Waals surface area contributed by atoms with E-state index in [2.05, 4.69) is 20.8 Å². The van der Waals surface area contributed by atoms with Gasteiger partial charge in [0.05, 0.1) is 6.04 Å². The first-order chi connectivity index (χ1) is 11.7. The second-order valence-electron chi connectivity index (χ2n) is 5.11. The molecule has 1 N–H and O–H groups in total. The first-order valence-electron chi connectivity index (χ1n) is 7.47. The van der Waals surface area contributed by atoms with Crippen LogP contribution in [0.15, 0.2) is 53.0 Å². The lowest BCUT2D eigenvalue weighted by molar-refractivity contribution is -0.121. The molecule has 6 nitrogen and oxygen atoms in total. The lowest BCUT2D eigenvalue weighted by atomic mass is 10.1. The number of thioether (sulfide) groups is 1. The van der Waals surface area contributed by atoms with Crippen molar-refractivity contribution in [3.05, 3.63) is 58.3 Å². The van der Waals surface area contributed by atoms with Crippen LogP contribution in [0.1, 0.15) is 22.9 Å². The molecule has 0 saturated carbocycles. The van der Waals surface area contributed by atoms with Crippen molar-refractivity contribution in [2.45, 2.75) is 17.6 Å². The van der Waals surface area contributed by atoms with Crippen LogP contribution in [0.5, 0.6) is 0 Å². The van der Waals surface area contributed by atoms with Gasteiger partial charge in [0.25, 0.3) is 0 Å². The van der Waals surface area contributed by atoms with Crippen molar-refractivity contribution >= 4 is 29.0 Å². The maximum Gasteiger partial charge on any atom is 0.221 e. The van der Waals surface area contributed by atoms with Crippen molar-refractivity contribution in [2.75, 3.05) is 5.75 Å². The molecule has 0 saturated heterocycles. The standard InChI is InChI=1S/C16H17N5OS2/c1-21-16(18-19-20-21)24-11-9-14(22)17-15(13-8-5-10-23-13)12-6-3-2-4-7-12/h2-8,10,15H,9,11H2,1H3,(H,17,22)/t15-/m1/s1. The summed E-state index contributed by atoms with van der Waals surface area (Å²) < 4.78 is 1.60. The molecule has 0 unspecified atom stereocenters. The van der Waals surface area contributed by atoms with Crippen LogP contribution < -0.4 is 5.32 Å². The van der Waals surface area contributed by atoms with Gasteiger partial charge in [0.1, 0.15) is 0 Å². The lowest BCUT2D eigenvalue weighted by Crippen LogP contribution is -2.29. The Morgan fingerprint density at radius 1 is 1.29 bits per heavy atom. The molecule has 0 spiro atoms. The smallest absolute Gasteiger partial charge is 0.221 e. The second-order valence-corrected chi connectivity index (χ2v) is 7.15. The Morgan fingerprint density at radius 2 is 2.12 bits per heavy atom. The fourth-order valence-electron chi connectivity index (χ4n) is 2.23. The summed E-state index contributed by atoms with van der Waals surface area (Å²) in [5, 5.41) is 17.1. The fourth-order valence-corrected chi connectivity index (χ4v) is 3.82. The van der Waals surface area contributed by atoms with E-state index < -0.39 is 0 Å². The number of aryl methyl sites for hydroxylation is 1. The zero-order valence-corrected chi connectivity index (χ0v) is 14.8. The van der Waals surface area contributed by atoms with Crippen molar-refractivity contribution in [2.24, 2.45) is 7.05 Å². The molecule has 3 rings (SSSR count). The summed E-state index contributed by atoms with van der Waals surface area (Å²) in [5.74, 6) is 0.645. The van der Waals surface area contributed by atoms with Gasteiger partial charge in [-0.3, -0.25) is 4.79 Å². The SMILES string of the molecule is Cn1nnnc1SCCC(=O)N[C@H](c1ccccc1)c1cccs1. The third kappa shape index (κ3) is 4.21. The van der Waals surface area contributed by atoms with Gasteiger partial charge in [-0.1, -0.05) is 48.2 Å². The highest BCUT2D eigenvalue weighted by atomic mass is 32.2. The van der Waals surface area contributed by atoms with Gasteiger partial charge in [0.2, 0.25) is 11.1 Å². The first-order valence-corrected chi connectivity index (χ1v) is 9.33. The Labute approximate surface area is 148 Å². The number of hydrogen-bond donors (Lipinski definition) is 1. The third-order valence-electron chi connectivity index (χ3n) is 3.41. The Bertz CT molecular complexity index is 773. The Hall–Kier alpha value is -2.19. The average Bonchev–Trinajstić information content (AvgIpc) is 3.26. The van der Waals surface area contributed by atoms with Gasteiger partial charge in [-0.2, -0.15) is 0 Å². The summed E-state index contributed by atoms with van der Waals surface area (Å²) in [4.78, 5) is 13.5. The van der Waals surface area contributed by atoms with Crippen LogP contribution in [0.3, 0.4) is 0 Å². The number of thiophene rings is 1. The predicted octanol–water partition coefficient (Wildman–Crippen LogP) is 2.66. The molecule has 0 fully saturated rings. The van der Waals surface area contributed by atoms with Gasteiger partial charge in [-0.05, 0) is 27.4 Å². The third-order valence-corrected chi connectivity index (χ3v) is 5.36. The van der Waals surface area contributed by atoms with Gasteiger partial charge < -0.3 is 5.32 Å². The lowest BCUT2D eigenvalue weighted by Gasteiger charge is -2.18. The highest BCUT2D eigenvalue weighted by Gasteiger charge is 2.17. The monoisotopic (exact) mass is 359 g/mol. The Kier molecular flexibility index (Phi) is 5.60. The Balaban J connectivity index is 1.60. The molecule has 0 bridgehead atoms. The molecule has 1 atom stereocenters. The van der Waals surface area contributed by atoms with Crippen LogP contribution in [-0.2, 0) is 11.8 Å². The van der Waals surface area contributed by atoms with E-state index in [4.69, 9.17) is 0 Å². The summed E-state index contributed by atoms with van der Waals surface area (Å²) in [5.41, 5.74) is 1.08. The van der Waals surface area contributed by atoms with E-state index in [0.717, 1.165) is 10.4 Å².